The molecule has 2 aromatic heterocycles. The highest BCUT2D eigenvalue weighted by atomic mass is 19.3. The van der Waals surface area contributed by atoms with Crippen LogP contribution in [0.15, 0.2) is 47.2 Å². The molecule has 1 aromatic carbocycles. The maximum absolute atomic E-state index is 12.9. The summed E-state index contributed by atoms with van der Waals surface area (Å²) in [6.45, 7) is 0.653. The number of piperazine rings is 1. The van der Waals surface area contributed by atoms with Crippen LogP contribution in [-0.2, 0) is 6.54 Å². The molecule has 26 heavy (non-hydrogen) atoms. The van der Waals surface area contributed by atoms with E-state index in [0.717, 1.165) is 10.1 Å². The lowest BCUT2D eigenvalue weighted by Crippen LogP contribution is -2.46. The molecule has 0 N–H and O–H groups in total. The Bertz CT molecular complexity index is 842. The minimum absolute atomic E-state index is 0.374. The molecular formula is C17H18F2N6O. The fourth-order valence-electron chi connectivity index (χ4n) is 2.99. The van der Waals surface area contributed by atoms with E-state index in [0.29, 0.717) is 50.4 Å². The van der Waals surface area contributed by atoms with Crippen LogP contribution < -0.4 is 4.90 Å². The van der Waals surface area contributed by atoms with Crippen LogP contribution in [0.5, 0.6) is 0 Å². The highest BCUT2D eigenvalue weighted by Gasteiger charge is 2.23. The van der Waals surface area contributed by atoms with Crippen molar-refractivity contribution in [2.45, 2.75) is 13.1 Å². The van der Waals surface area contributed by atoms with E-state index in [1.807, 2.05) is 35.2 Å². The Labute approximate surface area is 148 Å². The summed E-state index contributed by atoms with van der Waals surface area (Å²) in [5, 5.41) is 4.06. The van der Waals surface area contributed by atoms with E-state index >= 15 is 0 Å². The van der Waals surface area contributed by atoms with Gasteiger partial charge in [0.1, 0.15) is 5.82 Å². The van der Waals surface area contributed by atoms with E-state index in [4.69, 9.17) is 4.52 Å². The Morgan fingerprint density at radius 1 is 1.08 bits per heavy atom. The Balaban J connectivity index is 1.37. The molecule has 3 aromatic rings. The van der Waals surface area contributed by atoms with Gasteiger partial charge in [0.15, 0.2) is 0 Å². The van der Waals surface area contributed by atoms with Crippen molar-refractivity contribution >= 4 is 5.95 Å². The minimum atomic E-state index is -2.57. The van der Waals surface area contributed by atoms with E-state index in [1.165, 1.54) is 12.4 Å². The quantitative estimate of drug-likeness (QED) is 0.697. The third-order valence-corrected chi connectivity index (χ3v) is 4.42. The molecule has 0 atom stereocenters. The van der Waals surface area contributed by atoms with Crippen LogP contribution in [0.25, 0.3) is 11.5 Å². The normalized spacial score (nSPS) is 15.7. The van der Waals surface area contributed by atoms with Gasteiger partial charge in [0, 0.05) is 44.1 Å². The van der Waals surface area contributed by atoms with E-state index in [2.05, 4.69) is 20.0 Å². The summed E-state index contributed by atoms with van der Waals surface area (Å²) in [6.07, 6.45) is 2.71. The van der Waals surface area contributed by atoms with E-state index in [1.54, 1.807) is 0 Å². The van der Waals surface area contributed by atoms with Gasteiger partial charge in [-0.25, -0.2) is 4.98 Å². The van der Waals surface area contributed by atoms with Crippen molar-refractivity contribution in [2.24, 2.45) is 0 Å². The second-order valence-electron chi connectivity index (χ2n) is 6.06. The molecule has 1 saturated heterocycles. The average Bonchev–Trinajstić information content (AvgIpc) is 3.33. The number of imidazole rings is 1. The van der Waals surface area contributed by atoms with Crippen LogP contribution >= 0.6 is 0 Å². The van der Waals surface area contributed by atoms with Gasteiger partial charge < -0.3 is 9.42 Å². The van der Waals surface area contributed by atoms with Crippen LogP contribution in [0, 0.1) is 0 Å². The molecule has 3 heterocycles. The van der Waals surface area contributed by atoms with Crippen molar-refractivity contribution in [1.29, 1.82) is 0 Å². The zero-order valence-corrected chi connectivity index (χ0v) is 14.0. The van der Waals surface area contributed by atoms with Gasteiger partial charge in [-0.1, -0.05) is 18.2 Å². The summed E-state index contributed by atoms with van der Waals surface area (Å²) in [6, 6.07) is 9.60. The molecule has 1 aliphatic rings. The lowest BCUT2D eigenvalue weighted by atomic mass is 10.2. The largest absolute Gasteiger partial charge is 0.336 e. The molecule has 0 bridgehead atoms. The Hall–Kier alpha value is -2.81. The number of benzene rings is 1. The van der Waals surface area contributed by atoms with E-state index < -0.39 is 6.55 Å². The van der Waals surface area contributed by atoms with Crippen LogP contribution in [-0.4, -0.2) is 50.8 Å². The number of anilines is 1. The molecule has 1 fully saturated rings. The van der Waals surface area contributed by atoms with Gasteiger partial charge in [-0.3, -0.25) is 9.47 Å². The van der Waals surface area contributed by atoms with Crippen molar-refractivity contribution in [1.82, 2.24) is 24.6 Å². The maximum atomic E-state index is 12.9. The number of hydrogen-bond donors (Lipinski definition) is 0. The van der Waals surface area contributed by atoms with Gasteiger partial charge in [0.25, 0.3) is 11.8 Å². The van der Waals surface area contributed by atoms with Crippen molar-refractivity contribution < 1.29 is 13.3 Å². The molecule has 0 radical (unpaired) electrons. The first-order valence-corrected chi connectivity index (χ1v) is 8.37. The average molecular weight is 360 g/mol. The molecule has 9 heteroatoms. The van der Waals surface area contributed by atoms with Gasteiger partial charge in [0.05, 0.1) is 6.54 Å². The summed E-state index contributed by atoms with van der Waals surface area (Å²) >= 11 is 0. The molecular weight excluding hydrogens is 342 g/mol. The molecule has 4 rings (SSSR count). The highest BCUT2D eigenvalue weighted by Crippen LogP contribution is 2.21. The standard InChI is InChI=1S/C17H18F2N6O/c18-16(19)25-7-6-20-14(25)12-23-8-10-24(11-9-23)17-21-15(26-22-17)13-4-2-1-3-5-13/h1-7,16H,8-12H2. The number of hydrogen-bond acceptors (Lipinski definition) is 6. The van der Waals surface area contributed by atoms with Gasteiger partial charge in [-0.15, -0.1) is 0 Å². The Kier molecular flexibility index (Phi) is 4.61. The monoisotopic (exact) mass is 360 g/mol. The van der Waals surface area contributed by atoms with Crippen LogP contribution in [0.3, 0.4) is 0 Å². The SMILES string of the molecule is FC(F)n1ccnc1CN1CCN(c2noc(-c3ccccc3)n2)CC1. The van der Waals surface area contributed by atoms with Crippen LogP contribution in [0.4, 0.5) is 14.7 Å². The lowest BCUT2D eigenvalue weighted by molar-refractivity contribution is 0.0636. The molecule has 0 unspecified atom stereocenters. The third kappa shape index (κ3) is 3.43. The van der Waals surface area contributed by atoms with Crippen LogP contribution in [0.1, 0.15) is 12.4 Å². The number of aromatic nitrogens is 4. The number of halogens is 2. The van der Waals surface area contributed by atoms with E-state index in [9.17, 15) is 8.78 Å². The van der Waals surface area contributed by atoms with Gasteiger partial charge in [0.2, 0.25) is 0 Å². The minimum Gasteiger partial charge on any atom is -0.336 e. The summed E-state index contributed by atoms with van der Waals surface area (Å²) in [5.41, 5.74) is 0.878. The summed E-state index contributed by atoms with van der Waals surface area (Å²) in [5.74, 6) is 1.42. The van der Waals surface area contributed by atoms with Gasteiger partial charge in [-0.05, 0) is 17.3 Å². The molecule has 0 spiro atoms. The number of alkyl halides is 2. The van der Waals surface area contributed by atoms with Crippen molar-refractivity contribution in [2.75, 3.05) is 31.1 Å². The first-order chi connectivity index (χ1) is 12.7. The molecule has 136 valence electrons. The smallest absolute Gasteiger partial charge is 0.319 e. The molecule has 0 saturated carbocycles. The van der Waals surface area contributed by atoms with E-state index in [-0.39, 0.29) is 0 Å². The molecule has 7 nitrogen and oxygen atoms in total. The molecule has 1 aliphatic heterocycles. The van der Waals surface area contributed by atoms with Gasteiger partial charge >= 0.3 is 6.55 Å². The van der Waals surface area contributed by atoms with Crippen molar-refractivity contribution in [3.8, 4) is 11.5 Å². The Morgan fingerprint density at radius 2 is 1.85 bits per heavy atom. The van der Waals surface area contributed by atoms with Crippen molar-refractivity contribution in [3.63, 3.8) is 0 Å². The predicted octanol–water partition coefficient (Wildman–Crippen LogP) is 2.65. The molecule has 0 aliphatic carbocycles. The second kappa shape index (κ2) is 7.20. The fraction of sp³-hybridized carbons (Fsp3) is 0.353. The highest BCUT2D eigenvalue weighted by molar-refractivity contribution is 5.54. The fourth-order valence-corrected chi connectivity index (χ4v) is 2.99. The number of nitrogens with zero attached hydrogens (tertiary/aromatic N) is 6. The third-order valence-electron chi connectivity index (χ3n) is 4.42. The zero-order chi connectivity index (χ0) is 17.9. The topological polar surface area (TPSA) is 63.2 Å². The van der Waals surface area contributed by atoms with Crippen LogP contribution in [0.2, 0.25) is 0 Å². The first-order valence-electron chi connectivity index (χ1n) is 8.37. The number of rotatable bonds is 5. The Morgan fingerprint density at radius 3 is 2.58 bits per heavy atom. The molecule has 0 amide bonds. The van der Waals surface area contributed by atoms with Crippen molar-refractivity contribution in [3.05, 3.63) is 48.5 Å². The predicted molar refractivity (Wildman–Crippen MR) is 90.7 cm³/mol. The second-order valence-corrected chi connectivity index (χ2v) is 6.06. The summed E-state index contributed by atoms with van der Waals surface area (Å²) in [4.78, 5) is 12.6. The lowest BCUT2D eigenvalue weighted by Gasteiger charge is -2.33. The maximum Gasteiger partial charge on any atom is 0.319 e. The summed E-state index contributed by atoms with van der Waals surface area (Å²) in [7, 11) is 0. The zero-order valence-electron chi connectivity index (χ0n) is 14.0. The van der Waals surface area contributed by atoms with Gasteiger partial charge in [-0.2, -0.15) is 13.8 Å². The summed E-state index contributed by atoms with van der Waals surface area (Å²) < 4.78 is 32.1. The first kappa shape index (κ1) is 16.6.